The standard InChI is InChI=1S/C22H30N4O2/c1-4-26(5-2)18-8-9-20(16(3)13-18)25-22(27)17-10-11-23-21(14-17)24-15-19-7-6-12-28-19/h8-11,13-14,19H,4-7,12,15H2,1-3H3,(H,23,24)(H,25,27). The number of benzene rings is 1. The number of ether oxygens (including phenoxy) is 1. The predicted molar refractivity (Wildman–Crippen MR) is 114 cm³/mol. The van der Waals surface area contributed by atoms with Crippen LogP contribution in [0.5, 0.6) is 0 Å². The van der Waals surface area contributed by atoms with Crippen LogP contribution in [0, 0.1) is 6.92 Å². The van der Waals surface area contributed by atoms with Crippen LogP contribution in [0.2, 0.25) is 0 Å². The number of hydrogen-bond donors (Lipinski definition) is 2. The second kappa shape index (κ2) is 9.55. The van der Waals surface area contributed by atoms with E-state index in [1.165, 1.54) is 5.69 Å². The van der Waals surface area contributed by atoms with E-state index in [1.807, 2.05) is 13.0 Å². The molecule has 28 heavy (non-hydrogen) atoms. The minimum atomic E-state index is -0.138. The van der Waals surface area contributed by atoms with E-state index in [0.717, 1.165) is 43.8 Å². The molecule has 0 spiro atoms. The van der Waals surface area contributed by atoms with Gasteiger partial charge in [0.25, 0.3) is 5.91 Å². The smallest absolute Gasteiger partial charge is 0.255 e. The van der Waals surface area contributed by atoms with Crippen molar-refractivity contribution >= 4 is 23.1 Å². The average Bonchev–Trinajstić information content (AvgIpc) is 3.23. The largest absolute Gasteiger partial charge is 0.376 e. The summed E-state index contributed by atoms with van der Waals surface area (Å²) in [7, 11) is 0. The van der Waals surface area contributed by atoms with Crippen LogP contribution in [0.4, 0.5) is 17.2 Å². The van der Waals surface area contributed by atoms with E-state index in [1.54, 1.807) is 18.3 Å². The quantitative estimate of drug-likeness (QED) is 0.720. The van der Waals surface area contributed by atoms with Crippen molar-refractivity contribution < 1.29 is 9.53 Å². The molecule has 2 N–H and O–H groups in total. The number of nitrogens with zero attached hydrogens (tertiary/aromatic N) is 2. The maximum atomic E-state index is 12.7. The van der Waals surface area contributed by atoms with E-state index < -0.39 is 0 Å². The van der Waals surface area contributed by atoms with Crippen LogP contribution in [0.3, 0.4) is 0 Å². The third-order valence-corrected chi connectivity index (χ3v) is 5.14. The Balaban J connectivity index is 1.64. The molecule has 3 rings (SSSR count). The number of hydrogen-bond acceptors (Lipinski definition) is 5. The second-order valence-corrected chi connectivity index (χ2v) is 7.07. The minimum absolute atomic E-state index is 0.138. The molecule has 2 heterocycles. The number of carbonyl (C=O) groups is 1. The lowest BCUT2D eigenvalue weighted by molar-refractivity contribution is 0.102. The van der Waals surface area contributed by atoms with E-state index in [2.05, 4.69) is 46.5 Å². The molecule has 1 amide bonds. The molecule has 2 aromatic rings. The molecule has 1 aliphatic rings. The Kier molecular flexibility index (Phi) is 6.87. The zero-order valence-corrected chi connectivity index (χ0v) is 17.0. The van der Waals surface area contributed by atoms with Crippen molar-refractivity contribution in [1.82, 2.24) is 4.98 Å². The van der Waals surface area contributed by atoms with Gasteiger partial charge in [-0.1, -0.05) is 0 Å². The van der Waals surface area contributed by atoms with Crippen LogP contribution in [0.15, 0.2) is 36.5 Å². The fourth-order valence-electron chi connectivity index (χ4n) is 3.46. The van der Waals surface area contributed by atoms with Crippen LogP contribution in [0.1, 0.15) is 42.6 Å². The van der Waals surface area contributed by atoms with Crippen LogP contribution < -0.4 is 15.5 Å². The summed E-state index contributed by atoms with van der Waals surface area (Å²) >= 11 is 0. The van der Waals surface area contributed by atoms with E-state index in [0.29, 0.717) is 17.9 Å². The monoisotopic (exact) mass is 382 g/mol. The van der Waals surface area contributed by atoms with Crippen molar-refractivity contribution in [2.75, 3.05) is 41.8 Å². The fraction of sp³-hybridized carbons (Fsp3) is 0.455. The van der Waals surface area contributed by atoms with Gasteiger partial charge in [-0.25, -0.2) is 4.98 Å². The minimum Gasteiger partial charge on any atom is -0.376 e. The Labute approximate surface area is 167 Å². The molecule has 1 atom stereocenters. The molecule has 0 aliphatic carbocycles. The molecule has 0 radical (unpaired) electrons. The summed E-state index contributed by atoms with van der Waals surface area (Å²) in [4.78, 5) is 19.3. The van der Waals surface area contributed by atoms with Crippen molar-refractivity contribution in [3.05, 3.63) is 47.7 Å². The van der Waals surface area contributed by atoms with Gasteiger partial charge in [0.15, 0.2) is 0 Å². The normalized spacial score (nSPS) is 16.0. The molecule has 150 valence electrons. The highest BCUT2D eigenvalue weighted by Gasteiger charge is 2.16. The molecule has 1 saturated heterocycles. The van der Waals surface area contributed by atoms with E-state index in [4.69, 9.17) is 4.74 Å². The molecule has 1 aliphatic heterocycles. The molecule has 1 aromatic heterocycles. The maximum Gasteiger partial charge on any atom is 0.255 e. The van der Waals surface area contributed by atoms with Gasteiger partial charge in [-0.2, -0.15) is 0 Å². The summed E-state index contributed by atoms with van der Waals surface area (Å²) in [5.74, 6) is 0.554. The van der Waals surface area contributed by atoms with Gasteiger partial charge in [0, 0.05) is 49.4 Å². The summed E-state index contributed by atoms with van der Waals surface area (Å²) in [5.41, 5.74) is 3.62. The first-order chi connectivity index (χ1) is 13.6. The number of aromatic nitrogens is 1. The molecule has 0 saturated carbocycles. The van der Waals surface area contributed by atoms with Crippen molar-refractivity contribution in [2.24, 2.45) is 0 Å². The Bertz CT molecular complexity index is 799. The van der Waals surface area contributed by atoms with Gasteiger partial charge < -0.3 is 20.3 Å². The van der Waals surface area contributed by atoms with Crippen molar-refractivity contribution in [1.29, 1.82) is 0 Å². The van der Waals surface area contributed by atoms with Gasteiger partial charge in [0.1, 0.15) is 5.82 Å². The van der Waals surface area contributed by atoms with Crippen molar-refractivity contribution in [3.63, 3.8) is 0 Å². The molecule has 1 unspecified atom stereocenters. The summed E-state index contributed by atoms with van der Waals surface area (Å²) in [6, 6.07) is 9.65. The Morgan fingerprint density at radius 1 is 1.25 bits per heavy atom. The first-order valence-electron chi connectivity index (χ1n) is 10.1. The summed E-state index contributed by atoms with van der Waals surface area (Å²) < 4.78 is 5.61. The SMILES string of the molecule is CCN(CC)c1ccc(NC(=O)c2ccnc(NCC3CCCO3)c2)c(C)c1. The molecule has 1 fully saturated rings. The summed E-state index contributed by atoms with van der Waals surface area (Å²) in [6.07, 6.45) is 4.06. The molecule has 6 nitrogen and oxygen atoms in total. The molecule has 6 heteroatoms. The predicted octanol–water partition coefficient (Wildman–Crippen LogP) is 4.08. The van der Waals surface area contributed by atoms with Gasteiger partial charge in [-0.3, -0.25) is 4.79 Å². The maximum absolute atomic E-state index is 12.7. The Morgan fingerprint density at radius 2 is 2.07 bits per heavy atom. The number of carbonyl (C=O) groups excluding carboxylic acids is 1. The topological polar surface area (TPSA) is 66.5 Å². The average molecular weight is 383 g/mol. The van der Waals surface area contributed by atoms with Crippen LogP contribution in [-0.2, 0) is 4.74 Å². The number of pyridine rings is 1. The first-order valence-corrected chi connectivity index (χ1v) is 10.1. The van der Waals surface area contributed by atoms with Gasteiger partial charge in [0.05, 0.1) is 6.10 Å². The van der Waals surface area contributed by atoms with Gasteiger partial charge in [0.2, 0.25) is 0 Å². The number of rotatable bonds is 8. The van der Waals surface area contributed by atoms with E-state index in [-0.39, 0.29) is 12.0 Å². The Hall–Kier alpha value is -2.60. The van der Waals surface area contributed by atoms with Crippen LogP contribution in [-0.4, -0.2) is 43.2 Å². The lowest BCUT2D eigenvalue weighted by Gasteiger charge is -2.22. The Morgan fingerprint density at radius 3 is 2.75 bits per heavy atom. The molecular weight excluding hydrogens is 352 g/mol. The highest BCUT2D eigenvalue weighted by molar-refractivity contribution is 6.05. The van der Waals surface area contributed by atoms with Gasteiger partial charge in [-0.05, 0) is 69.5 Å². The number of aryl methyl sites for hydroxylation is 1. The first kappa shape index (κ1) is 20.1. The fourth-order valence-corrected chi connectivity index (χ4v) is 3.46. The third kappa shape index (κ3) is 5.01. The lowest BCUT2D eigenvalue weighted by atomic mass is 10.1. The zero-order chi connectivity index (χ0) is 19.9. The number of amides is 1. The number of anilines is 3. The highest BCUT2D eigenvalue weighted by Crippen LogP contribution is 2.23. The zero-order valence-electron chi connectivity index (χ0n) is 17.0. The van der Waals surface area contributed by atoms with Crippen LogP contribution in [0.25, 0.3) is 0 Å². The second-order valence-electron chi connectivity index (χ2n) is 7.07. The van der Waals surface area contributed by atoms with Crippen molar-refractivity contribution in [3.8, 4) is 0 Å². The number of nitrogens with one attached hydrogen (secondary N) is 2. The van der Waals surface area contributed by atoms with E-state index in [9.17, 15) is 4.79 Å². The third-order valence-electron chi connectivity index (χ3n) is 5.14. The highest BCUT2D eigenvalue weighted by atomic mass is 16.5. The van der Waals surface area contributed by atoms with E-state index >= 15 is 0 Å². The van der Waals surface area contributed by atoms with Gasteiger partial charge in [-0.15, -0.1) is 0 Å². The van der Waals surface area contributed by atoms with Gasteiger partial charge >= 0.3 is 0 Å². The summed E-state index contributed by atoms with van der Waals surface area (Å²) in [6.45, 7) is 9.76. The van der Waals surface area contributed by atoms with Crippen LogP contribution >= 0.6 is 0 Å². The lowest BCUT2D eigenvalue weighted by Crippen LogP contribution is -2.22. The molecule has 1 aromatic carbocycles. The molecule has 0 bridgehead atoms. The van der Waals surface area contributed by atoms with Crippen molar-refractivity contribution in [2.45, 2.75) is 39.7 Å². The molecular formula is C22H30N4O2. The summed E-state index contributed by atoms with van der Waals surface area (Å²) in [5, 5.41) is 6.28.